The first-order valence-corrected chi connectivity index (χ1v) is 13.4. The Kier molecular flexibility index (Phi) is 6.28. The van der Waals surface area contributed by atoms with Crippen LogP contribution in [0, 0.1) is 12.3 Å². The zero-order valence-corrected chi connectivity index (χ0v) is 21.8. The number of rotatable bonds is 7. The molecule has 3 N–H and O–H groups in total. The summed E-state index contributed by atoms with van der Waals surface area (Å²) in [7, 11) is -3.85. The van der Waals surface area contributed by atoms with Crippen LogP contribution in [-0.2, 0) is 10.0 Å². The molecule has 0 unspecified atom stereocenters. The number of aromatic nitrogens is 4. The average Bonchev–Trinajstić information content (AvgIpc) is 3.60. The van der Waals surface area contributed by atoms with Gasteiger partial charge < -0.3 is 20.2 Å². The van der Waals surface area contributed by atoms with Crippen molar-refractivity contribution in [3.05, 3.63) is 41.9 Å². The molecule has 1 atom stereocenters. The molecule has 3 aromatic heterocycles. The van der Waals surface area contributed by atoms with E-state index in [1.54, 1.807) is 12.1 Å². The Morgan fingerprint density at radius 3 is 2.32 bits per heavy atom. The van der Waals surface area contributed by atoms with Gasteiger partial charge in [-0.25, -0.2) is 23.0 Å². The highest BCUT2D eigenvalue weighted by atomic mass is 32.2. The van der Waals surface area contributed by atoms with Crippen molar-refractivity contribution in [2.24, 2.45) is 5.41 Å². The number of nitrogens with one attached hydrogen (secondary N) is 2. The molecule has 1 aliphatic rings. The number of benzene rings is 1. The Labute approximate surface area is 214 Å². The fourth-order valence-corrected chi connectivity index (χ4v) is 5.93. The molecule has 1 aromatic carbocycles. The number of phenolic OH excluding ortho intramolecular Hbond substituents is 1. The fraction of sp³-hybridized carbons (Fsp3) is 0.417. The maximum atomic E-state index is 13.1. The summed E-state index contributed by atoms with van der Waals surface area (Å²) in [4.78, 5) is 8.82. The Hall–Kier alpha value is -3.71. The second-order valence-electron chi connectivity index (χ2n) is 10.1. The van der Waals surface area contributed by atoms with Crippen molar-refractivity contribution in [2.75, 3.05) is 23.7 Å². The predicted octanol–water partition coefficient (Wildman–Crippen LogP) is 4.35. The third-order valence-electron chi connectivity index (χ3n) is 6.24. The molecule has 0 radical (unpaired) electrons. The second kappa shape index (κ2) is 9.30. The third kappa shape index (κ3) is 4.83. The third-order valence-corrected chi connectivity index (χ3v) is 8.17. The van der Waals surface area contributed by atoms with Gasteiger partial charge in [0.25, 0.3) is 0 Å². The summed E-state index contributed by atoms with van der Waals surface area (Å²) >= 11 is 0. The van der Waals surface area contributed by atoms with Crippen LogP contribution >= 0.6 is 0 Å². The van der Waals surface area contributed by atoms with Crippen LogP contribution in [0.5, 0.6) is 5.75 Å². The minimum absolute atomic E-state index is 0.148. The molecule has 12 nitrogen and oxygen atoms in total. The molecule has 0 spiro atoms. The van der Waals surface area contributed by atoms with Gasteiger partial charge >= 0.3 is 0 Å². The summed E-state index contributed by atoms with van der Waals surface area (Å²) < 4.78 is 38.4. The van der Waals surface area contributed by atoms with E-state index in [2.05, 4.69) is 51.7 Å². The van der Waals surface area contributed by atoms with Crippen LogP contribution in [-0.4, -0.2) is 51.2 Å². The molecule has 13 heteroatoms. The number of aryl methyl sites for hydroxylation is 1. The monoisotopic (exact) mass is 527 g/mol. The lowest BCUT2D eigenvalue weighted by Crippen LogP contribution is -2.28. The van der Waals surface area contributed by atoms with E-state index in [0.29, 0.717) is 24.7 Å². The molecule has 196 valence electrons. The van der Waals surface area contributed by atoms with Crippen LogP contribution < -0.4 is 10.6 Å². The number of fused-ring (bicyclic) bond motifs is 1. The van der Waals surface area contributed by atoms with Crippen molar-refractivity contribution >= 4 is 38.6 Å². The van der Waals surface area contributed by atoms with Crippen LogP contribution in [0.4, 0.5) is 17.3 Å². The van der Waals surface area contributed by atoms with E-state index in [9.17, 15) is 13.5 Å². The molecule has 1 aliphatic heterocycles. The summed E-state index contributed by atoms with van der Waals surface area (Å²) in [6.07, 6.45) is 1.58. The summed E-state index contributed by atoms with van der Waals surface area (Å²) in [6, 6.07) is 7.98. The molecule has 4 aromatic rings. The molecule has 0 bridgehead atoms. The van der Waals surface area contributed by atoms with Gasteiger partial charge in [0, 0.05) is 13.1 Å². The maximum absolute atomic E-state index is 13.1. The van der Waals surface area contributed by atoms with Crippen molar-refractivity contribution in [3.63, 3.8) is 0 Å². The van der Waals surface area contributed by atoms with E-state index >= 15 is 0 Å². The lowest BCUT2D eigenvalue weighted by molar-refractivity contribution is 0.300. The highest BCUT2D eigenvalue weighted by Crippen LogP contribution is 2.40. The SMILES string of the molecule is Cc1ccc([C@H](Nc2nc3nonc3nc2Nc2cccc(S(=O)(=O)N3CCCC3)c2O)C(C)(C)C)o1. The zero-order chi connectivity index (χ0) is 26.4. The smallest absolute Gasteiger partial charge is 0.246 e. The Morgan fingerprint density at radius 2 is 1.70 bits per heavy atom. The van der Waals surface area contributed by atoms with Gasteiger partial charge in [-0.2, -0.15) is 4.31 Å². The maximum Gasteiger partial charge on any atom is 0.246 e. The highest BCUT2D eigenvalue weighted by molar-refractivity contribution is 7.89. The predicted molar refractivity (Wildman–Crippen MR) is 136 cm³/mol. The summed E-state index contributed by atoms with van der Waals surface area (Å²) in [5.74, 6) is 1.57. The Morgan fingerprint density at radius 1 is 1.03 bits per heavy atom. The first kappa shape index (κ1) is 25.0. The minimum atomic E-state index is -3.85. The fourth-order valence-electron chi connectivity index (χ4n) is 4.31. The van der Waals surface area contributed by atoms with E-state index in [1.165, 1.54) is 10.4 Å². The summed E-state index contributed by atoms with van der Waals surface area (Å²) in [5, 5.41) is 25.0. The number of hydrogen-bond acceptors (Lipinski definition) is 11. The van der Waals surface area contributed by atoms with Crippen LogP contribution in [0.15, 0.2) is 44.3 Å². The molecule has 1 fully saturated rings. The average molecular weight is 528 g/mol. The number of nitrogens with zero attached hydrogens (tertiary/aromatic N) is 5. The summed E-state index contributed by atoms with van der Waals surface area (Å²) in [6.45, 7) is 8.88. The van der Waals surface area contributed by atoms with Gasteiger partial charge in [-0.15, -0.1) is 0 Å². The van der Waals surface area contributed by atoms with Crippen molar-refractivity contribution in [1.29, 1.82) is 0 Å². The number of aromatic hydroxyl groups is 1. The normalized spacial score (nSPS) is 15.8. The molecule has 0 amide bonds. The highest BCUT2D eigenvalue weighted by Gasteiger charge is 2.32. The molecule has 5 rings (SSSR count). The first-order chi connectivity index (χ1) is 17.5. The lowest BCUT2D eigenvalue weighted by atomic mass is 9.85. The first-order valence-electron chi connectivity index (χ1n) is 12.0. The van der Waals surface area contributed by atoms with Crippen LogP contribution in [0.25, 0.3) is 11.3 Å². The van der Waals surface area contributed by atoms with E-state index in [0.717, 1.165) is 18.6 Å². The molecule has 37 heavy (non-hydrogen) atoms. The molecular weight excluding hydrogens is 498 g/mol. The van der Waals surface area contributed by atoms with Gasteiger partial charge in [0.15, 0.2) is 17.4 Å². The number of anilines is 3. The van der Waals surface area contributed by atoms with Crippen LogP contribution in [0.2, 0.25) is 0 Å². The Bertz CT molecular complexity index is 1530. The number of sulfonamides is 1. The summed E-state index contributed by atoms with van der Waals surface area (Å²) in [5.41, 5.74) is 0.182. The van der Waals surface area contributed by atoms with Gasteiger partial charge in [-0.3, -0.25) is 0 Å². The van der Waals surface area contributed by atoms with Crippen LogP contribution in [0.3, 0.4) is 0 Å². The van der Waals surface area contributed by atoms with Crippen molar-refractivity contribution in [2.45, 2.75) is 51.5 Å². The minimum Gasteiger partial charge on any atom is -0.504 e. The van der Waals surface area contributed by atoms with Gasteiger partial charge in [-0.05, 0) is 59.8 Å². The molecule has 0 aliphatic carbocycles. The van der Waals surface area contributed by atoms with E-state index in [4.69, 9.17) is 9.05 Å². The molecular formula is C24H29N7O5S. The molecule has 1 saturated heterocycles. The van der Waals surface area contributed by atoms with Gasteiger partial charge in [-0.1, -0.05) is 26.8 Å². The zero-order valence-electron chi connectivity index (χ0n) is 21.0. The van der Waals surface area contributed by atoms with E-state index < -0.39 is 15.8 Å². The van der Waals surface area contributed by atoms with Crippen LogP contribution in [0.1, 0.15) is 51.2 Å². The van der Waals surface area contributed by atoms with Crippen molar-refractivity contribution in [3.8, 4) is 5.75 Å². The number of para-hydroxylation sites is 1. The number of hydrogen-bond donors (Lipinski definition) is 3. The van der Waals surface area contributed by atoms with E-state index in [-0.39, 0.29) is 39.2 Å². The van der Waals surface area contributed by atoms with Crippen molar-refractivity contribution < 1.29 is 22.6 Å². The number of phenols is 1. The Balaban J connectivity index is 1.55. The molecule has 4 heterocycles. The van der Waals surface area contributed by atoms with Gasteiger partial charge in [0.1, 0.15) is 16.4 Å². The van der Waals surface area contributed by atoms with Crippen molar-refractivity contribution in [1.82, 2.24) is 24.6 Å². The quantitative estimate of drug-likeness (QED) is 0.293. The van der Waals surface area contributed by atoms with Gasteiger partial charge in [0.05, 0.1) is 11.7 Å². The number of furan rings is 1. The second-order valence-corrected chi connectivity index (χ2v) is 12.0. The standard InChI is InChI=1S/C24H29N7O5S/c1-14-10-11-16(35-14)19(24(2,3)4)26-21-20(27-22-23(28-21)30-36-29-22)25-15-8-7-9-17(18(15)32)37(33,34)31-12-5-6-13-31/h7-11,19,32H,5-6,12-13H2,1-4H3,(H,25,27,29)(H,26,28,30)/t19-/m0/s1. The molecule has 0 saturated carbocycles. The topological polar surface area (TPSA) is 160 Å². The largest absolute Gasteiger partial charge is 0.504 e. The van der Waals surface area contributed by atoms with Gasteiger partial charge in [0.2, 0.25) is 21.3 Å². The lowest BCUT2D eigenvalue weighted by Gasteiger charge is -2.30. The van der Waals surface area contributed by atoms with E-state index in [1.807, 2.05) is 19.1 Å².